The van der Waals surface area contributed by atoms with Crippen molar-refractivity contribution in [2.45, 2.75) is 10.7 Å². The van der Waals surface area contributed by atoms with Crippen LogP contribution in [0.1, 0.15) is 9.67 Å². The van der Waals surface area contributed by atoms with E-state index in [0.29, 0.717) is 23.0 Å². The quantitative estimate of drug-likeness (QED) is 0.582. The molecule has 0 unspecified atom stereocenters. The van der Waals surface area contributed by atoms with Crippen molar-refractivity contribution >= 4 is 45.5 Å². The van der Waals surface area contributed by atoms with Gasteiger partial charge in [-0.1, -0.05) is 23.9 Å². The molecule has 1 amide bonds. The second-order valence-corrected chi connectivity index (χ2v) is 7.27. The lowest BCUT2D eigenvalue weighted by Gasteiger charge is -2.03. The standard InChI is InChI=1S/C15H9F3N2OS3/c16-9-4-2-1-3-8(9)10-7-23-15(19-10)20-13(21)12-11(5-6-22-12)24-14(17)18/h1-7,14H,(H,19,20,21). The highest BCUT2D eigenvalue weighted by Crippen LogP contribution is 2.33. The van der Waals surface area contributed by atoms with Crippen LogP contribution >= 0.6 is 34.4 Å². The number of hydrogen-bond acceptors (Lipinski definition) is 5. The number of thiazole rings is 1. The van der Waals surface area contributed by atoms with E-state index in [1.54, 1.807) is 29.0 Å². The van der Waals surface area contributed by atoms with Gasteiger partial charge in [-0.25, -0.2) is 9.37 Å². The number of anilines is 1. The Labute approximate surface area is 147 Å². The van der Waals surface area contributed by atoms with Gasteiger partial charge >= 0.3 is 0 Å². The maximum Gasteiger partial charge on any atom is 0.288 e. The van der Waals surface area contributed by atoms with Crippen LogP contribution < -0.4 is 5.32 Å². The number of benzene rings is 1. The summed E-state index contributed by atoms with van der Waals surface area (Å²) in [5.41, 5.74) is 0.737. The van der Waals surface area contributed by atoms with E-state index < -0.39 is 17.5 Å². The van der Waals surface area contributed by atoms with E-state index in [1.165, 1.54) is 12.1 Å². The van der Waals surface area contributed by atoms with Gasteiger partial charge in [0.1, 0.15) is 10.7 Å². The van der Waals surface area contributed by atoms with Crippen molar-refractivity contribution in [2.75, 3.05) is 5.32 Å². The van der Waals surface area contributed by atoms with Crippen LogP contribution in [0.4, 0.5) is 18.3 Å². The molecule has 0 atom stereocenters. The van der Waals surface area contributed by atoms with Gasteiger partial charge in [-0.2, -0.15) is 8.78 Å². The summed E-state index contributed by atoms with van der Waals surface area (Å²) in [6.07, 6.45) is 0. The lowest BCUT2D eigenvalue weighted by molar-refractivity contribution is 0.102. The summed E-state index contributed by atoms with van der Waals surface area (Å²) in [6.45, 7) is 0. The van der Waals surface area contributed by atoms with Crippen LogP contribution in [0.15, 0.2) is 46.0 Å². The minimum atomic E-state index is -2.60. The van der Waals surface area contributed by atoms with Crippen LogP contribution in [0, 0.1) is 5.82 Å². The molecular weight excluding hydrogens is 377 g/mol. The highest BCUT2D eigenvalue weighted by Gasteiger charge is 2.18. The van der Waals surface area contributed by atoms with Gasteiger partial charge in [0.15, 0.2) is 5.13 Å². The first-order chi connectivity index (χ1) is 11.5. The van der Waals surface area contributed by atoms with Crippen LogP contribution in [0.2, 0.25) is 0 Å². The summed E-state index contributed by atoms with van der Waals surface area (Å²) in [4.78, 5) is 16.8. The Morgan fingerprint density at radius 2 is 2.00 bits per heavy atom. The monoisotopic (exact) mass is 386 g/mol. The van der Waals surface area contributed by atoms with Crippen LogP contribution in [0.5, 0.6) is 0 Å². The van der Waals surface area contributed by atoms with Crippen molar-refractivity contribution in [1.82, 2.24) is 4.98 Å². The first-order valence-corrected chi connectivity index (χ1v) is 9.22. The number of amides is 1. The van der Waals surface area contributed by atoms with Gasteiger partial charge in [0.25, 0.3) is 11.7 Å². The zero-order valence-electron chi connectivity index (χ0n) is 11.8. The highest BCUT2D eigenvalue weighted by molar-refractivity contribution is 7.99. The fourth-order valence-electron chi connectivity index (χ4n) is 1.93. The van der Waals surface area contributed by atoms with Crippen molar-refractivity contribution in [2.24, 2.45) is 0 Å². The summed E-state index contributed by atoms with van der Waals surface area (Å²) in [7, 11) is 0. The fraction of sp³-hybridized carbons (Fsp3) is 0.0667. The maximum atomic E-state index is 13.7. The largest absolute Gasteiger partial charge is 0.297 e. The number of alkyl halides is 2. The Bertz CT molecular complexity index is 863. The van der Waals surface area contributed by atoms with Crippen LogP contribution in [0.25, 0.3) is 11.3 Å². The molecule has 2 heterocycles. The molecule has 0 saturated carbocycles. The average molecular weight is 386 g/mol. The van der Waals surface area contributed by atoms with E-state index >= 15 is 0 Å². The number of hydrogen-bond donors (Lipinski definition) is 1. The molecule has 0 radical (unpaired) electrons. The fourth-order valence-corrected chi connectivity index (χ4v) is 4.23. The normalized spacial score (nSPS) is 11.0. The predicted octanol–water partition coefficient (Wildman–Crippen LogP) is 5.58. The van der Waals surface area contributed by atoms with Crippen molar-refractivity contribution in [3.63, 3.8) is 0 Å². The second kappa shape index (κ2) is 7.37. The first kappa shape index (κ1) is 17.0. The number of rotatable bonds is 5. The molecule has 0 bridgehead atoms. The molecule has 2 aromatic heterocycles. The average Bonchev–Trinajstić information content (AvgIpc) is 3.16. The third kappa shape index (κ3) is 3.80. The number of thiophene rings is 1. The van der Waals surface area contributed by atoms with E-state index in [-0.39, 0.29) is 14.9 Å². The molecular formula is C15H9F3N2OS3. The topological polar surface area (TPSA) is 42.0 Å². The minimum absolute atomic E-state index is 0.197. The molecule has 3 rings (SSSR count). The number of halogens is 3. The molecule has 0 aliphatic heterocycles. The van der Waals surface area contributed by atoms with Crippen LogP contribution in [0.3, 0.4) is 0 Å². The third-order valence-electron chi connectivity index (χ3n) is 2.93. The molecule has 1 aromatic carbocycles. The number of nitrogens with zero attached hydrogens (tertiary/aromatic N) is 1. The van der Waals surface area contributed by atoms with E-state index in [4.69, 9.17) is 0 Å². The molecule has 0 aliphatic carbocycles. The minimum Gasteiger partial charge on any atom is -0.297 e. The van der Waals surface area contributed by atoms with Crippen molar-refractivity contribution in [1.29, 1.82) is 0 Å². The van der Waals surface area contributed by atoms with E-state index in [9.17, 15) is 18.0 Å². The Balaban J connectivity index is 1.77. The van der Waals surface area contributed by atoms with Gasteiger partial charge in [-0.3, -0.25) is 10.1 Å². The van der Waals surface area contributed by atoms with Gasteiger partial charge in [0, 0.05) is 15.8 Å². The molecule has 1 N–H and O–H groups in total. The molecule has 3 aromatic rings. The van der Waals surface area contributed by atoms with E-state index in [2.05, 4.69) is 10.3 Å². The Kier molecular flexibility index (Phi) is 5.22. The lowest BCUT2D eigenvalue weighted by Crippen LogP contribution is -2.11. The summed E-state index contributed by atoms with van der Waals surface area (Å²) < 4.78 is 38.7. The highest BCUT2D eigenvalue weighted by atomic mass is 32.2. The van der Waals surface area contributed by atoms with Gasteiger partial charge in [0.2, 0.25) is 0 Å². The summed E-state index contributed by atoms with van der Waals surface area (Å²) in [5, 5.41) is 6.04. The number of aromatic nitrogens is 1. The van der Waals surface area contributed by atoms with Crippen molar-refractivity contribution in [3.05, 3.63) is 51.8 Å². The molecule has 0 fully saturated rings. The molecule has 24 heavy (non-hydrogen) atoms. The lowest BCUT2D eigenvalue weighted by atomic mass is 10.2. The molecule has 3 nitrogen and oxygen atoms in total. The number of nitrogens with one attached hydrogen (secondary N) is 1. The smallest absolute Gasteiger partial charge is 0.288 e. The molecule has 124 valence electrons. The third-order valence-corrected chi connectivity index (χ3v) is 5.50. The van der Waals surface area contributed by atoms with E-state index in [1.807, 2.05) is 0 Å². The summed E-state index contributed by atoms with van der Waals surface area (Å²) in [5.74, 6) is -3.52. The summed E-state index contributed by atoms with van der Waals surface area (Å²) >= 11 is 2.54. The SMILES string of the molecule is O=C(Nc1nc(-c2ccccc2F)cs1)c1sccc1SC(F)F. The van der Waals surface area contributed by atoms with Gasteiger partial charge in [-0.05, 0) is 23.6 Å². The molecule has 0 saturated heterocycles. The predicted molar refractivity (Wildman–Crippen MR) is 91.6 cm³/mol. The molecule has 0 aliphatic rings. The maximum absolute atomic E-state index is 13.7. The number of thioether (sulfide) groups is 1. The van der Waals surface area contributed by atoms with Gasteiger partial charge in [-0.15, -0.1) is 22.7 Å². The Hall–Kier alpha value is -1.84. The number of carbonyl (C=O) groups excluding carboxylic acids is 1. The van der Waals surface area contributed by atoms with Crippen LogP contribution in [-0.2, 0) is 0 Å². The van der Waals surface area contributed by atoms with Gasteiger partial charge < -0.3 is 0 Å². The van der Waals surface area contributed by atoms with Gasteiger partial charge in [0.05, 0.1) is 5.69 Å². The molecule has 0 spiro atoms. The van der Waals surface area contributed by atoms with E-state index in [0.717, 1.165) is 22.7 Å². The van der Waals surface area contributed by atoms with Crippen LogP contribution in [-0.4, -0.2) is 16.6 Å². The van der Waals surface area contributed by atoms with Crippen molar-refractivity contribution in [3.8, 4) is 11.3 Å². The summed E-state index contributed by atoms with van der Waals surface area (Å²) in [6, 6.07) is 7.66. The Morgan fingerprint density at radius 3 is 2.75 bits per heavy atom. The zero-order valence-corrected chi connectivity index (χ0v) is 14.3. The number of carbonyl (C=O) groups is 1. The first-order valence-electron chi connectivity index (χ1n) is 6.58. The second-order valence-electron chi connectivity index (χ2n) is 4.46. The zero-order chi connectivity index (χ0) is 17.1. The van der Waals surface area contributed by atoms with Crippen molar-refractivity contribution < 1.29 is 18.0 Å². The molecule has 9 heteroatoms. The Morgan fingerprint density at radius 1 is 1.21 bits per heavy atom.